The average Bonchev–Trinajstić information content (AvgIpc) is 2.75. The Balaban J connectivity index is 1.64. The summed E-state index contributed by atoms with van der Waals surface area (Å²) in [7, 11) is 3.61. The van der Waals surface area contributed by atoms with Crippen LogP contribution in [0.25, 0.3) is 0 Å². The van der Waals surface area contributed by atoms with Gasteiger partial charge in [0.15, 0.2) is 0 Å². The lowest BCUT2D eigenvalue weighted by molar-refractivity contribution is -0.122. The van der Waals surface area contributed by atoms with Crippen LogP contribution >= 0.6 is 0 Å². The zero-order valence-corrected chi connectivity index (χ0v) is 17.0. The fourth-order valence-electron chi connectivity index (χ4n) is 3.45. The first-order valence-electron chi connectivity index (χ1n) is 9.84. The van der Waals surface area contributed by atoms with E-state index in [1.165, 1.54) is 5.56 Å². The molecule has 1 amide bonds. The van der Waals surface area contributed by atoms with Crippen LogP contribution in [0.1, 0.15) is 22.7 Å². The minimum atomic E-state index is -0.0641. The van der Waals surface area contributed by atoms with E-state index >= 15 is 0 Å². The fraction of sp³-hybridized carbons (Fsp3) is 0.240. The SMILES string of the molecule is COc1ccccc1CN(C)CC(=O)NC(Cc1ccccc1)c1ccccc1. The number of nitrogens with one attached hydrogen (secondary N) is 1. The molecule has 1 unspecified atom stereocenters. The molecule has 3 aromatic rings. The number of para-hydroxylation sites is 1. The molecule has 3 aromatic carbocycles. The van der Waals surface area contributed by atoms with Gasteiger partial charge in [-0.15, -0.1) is 0 Å². The molecule has 0 heterocycles. The minimum absolute atomic E-state index is 0.00665. The molecule has 1 N–H and O–H groups in total. The van der Waals surface area contributed by atoms with E-state index in [-0.39, 0.29) is 11.9 Å². The molecule has 0 saturated heterocycles. The van der Waals surface area contributed by atoms with Gasteiger partial charge in [0, 0.05) is 12.1 Å². The molecule has 0 aliphatic carbocycles. The van der Waals surface area contributed by atoms with Crippen LogP contribution in [0, 0.1) is 0 Å². The van der Waals surface area contributed by atoms with Gasteiger partial charge in [-0.3, -0.25) is 9.69 Å². The summed E-state index contributed by atoms with van der Waals surface area (Å²) in [5, 5.41) is 3.22. The van der Waals surface area contributed by atoms with Gasteiger partial charge >= 0.3 is 0 Å². The summed E-state index contributed by atoms with van der Waals surface area (Å²) in [4.78, 5) is 14.8. The number of ether oxygens (including phenoxy) is 1. The summed E-state index contributed by atoms with van der Waals surface area (Å²) >= 11 is 0. The van der Waals surface area contributed by atoms with Gasteiger partial charge in [-0.05, 0) is 30.7 Å². The van der Waals surface area contributed by atoms with Crippen molar-refractivity contribution in [3.05, 3.63) is 102 Å². The summed E-state index contributed by atoms with van der Waals surface area (Å²) in [6.07, 6.45) is 0.757. The maximum atomic E-state index is 12.8. The van der Waals surface area contributed by atoms with Crippen LogP contribution in [-0.4, -0.2) is 31.5 Å². The van der Waals surface area contributed by atoms with Crippen molar-refractivity contribution in [2.24, 2.45) is 0 Å². The van der Waals surface area contributed by atoms with E-state index in [1.54, 1.807) is 7.11 Å². The molecule has 150 valence electrons. The van der Waals surface area contributed by atoms with Gasteiger partial charge in [-0.2, -0.15) is 0 Å². The van der Waals surface area contributed by atoms with Crippen molar-refractivity contribution in [2.75, 3.05) is 20.7 Å². The third-order valence-corrected chi connectivity index (χ3v) is 4.87. The van der Waals surface area contributed by atoms with Crippen molar-refractivity contribution in [3.8, 4) is 5.75 Å². The number of methoxy groups -OCH3 is 1. The summed E-state index contributed by atoms with van der Waals surface area (Å²) in [5.74, 6) is 0.846. The van der Waals surface area contributed by atoms with Crippen molar-refractivity contribution in [3.63, 3.8) is 0 Å². The Kier molecular flexibility index (Phi) is 7.42. The Hall–Kier alpha value is -3.11. The van der Waals surface area contributed by atoms with Crippen molar-refractivity contribution in [1.29, 1.82) is 0 Å². The molecule has 29 heavy (non-hydrogen) atoms. The zero-order valence-electron chi connectivity index (χ0n) is 17.0. The first-order chi connectivity index (χ1) is 14.2. The zero-order chi connectivity index (χ0) is 20.5. The van der Waals surface area contributed by atoms with Crippen molar-refractivity contribution in [2.45, 2.75) is 19.0 Å². The Morgan fingerprint density at radius 3 is 2.24 bits per heavy atom. The normalized spacial score (nSPS) is 11.8. The number of nitrogens with zero attached hydrogens (tertiary/aromatic N) is 1. The first kappa shape index (κ1) is 20.6. The molecule has 0 fully saturated rings. The Morgan fingerprint density at radius 1 is 0.931 bits per heavy atom. The molecule has 3 rings (SSSR count). The lowest BCUT2D eigenvalue weighted by Crippen LogP contribution is -2.37. The van der Waals surface area contributed by atoms with Crippen molar-refractivity contribution >= 4 is 5.91 Å². The number of carbonyl (C=O) groups is 1. The third-order valence-electron chi connectivity index (χ3n) is 4.87. The number of likely N-dealkylation sites (N-methyl/N-ethyl adjacent to an activating group) is 1. The number of benzene rings is 3. The van der Waals surface area contributed by atoms with E-state index < -0.39 is 0 Å². The predicted octanol–water partition coefficient (Wildman–Crippen LogP) is 4.23. The molecule has 0 spiro atoms. The quantitative estimate of drug-likeness (QED) is 0.597. The van der Waals surface area contributed by atoms with Crippen LogP contribution in [0.3, 0.4) is 0 Å². The van der Waals surface area contributed by atoms with E-state index in [9.17, 15) is 4.79 Å². The maximum Gasteiger partial charge on any atom is 0.234 e. The lowest BCUT2D eigenvalue weighted by atomic mass is 9.99. The number of hydrogen-bond acceptors (Lipinski definition) is 3. The van der Waals surface area contributed by atoms with Crippen LogP contribution in [0.5, 0.6) is 5.75 Å². The lowest BCUT2D eigenvalue weighted by Gasteiger charge is -2.22. The van der Waals surface area contributed by atoms with E-state index in [2.05, 4.69) is 29.6 Å². The standard InChI is InChI=1S/C25H28N2O2/c1-27(18-22-15-9-10-16-24(22)29-2)19-25(28)26-23(21-13-7-4-8-14-21)17-20-11-5-3-6-12-20/h3-16,23H,17-19H2,1-2H3,(H,26,28). The fourth-order valence-corrected chi connectivity index (χ4v) is 3.45. The van der Waals surface area contributed by atoms with Crippen molar-refractivity contribution < 1.29 is 9.53 Å². The number of rotatable bonds is 9. The van der Waals surface area contributed by atoms with Gasteiger partial charge in [0.2, 0.25) is 5.91 Å². The Labute approximate surface area is 173 Å². The molecular formula is C25H28N2O2. The smallest absolute Gasteiger partial charge is 0.234 e. The molecule has 0 aromatic heterocycles. The molecular weight excluding hydrogens is 360 g/mol. The summed E-state index contributed by atoms with van der Waals surface area (Å²) in [6, 6.07) is 28.2. The Morgan fingerprint density at radius 2 is 1.55 bits per heavy atom. The summed E-state index contributed by atoms with van der Waals surface area (Å²) in [5.41, 5.74) is 3.37. The molecule has 0 bridgehead atoms. The van der Waals surface area contributed by atoms with Gasteiger partial charge in [0.05, 0.1) is 19.7 Å². The van der Waals surface area contributed by atoms with Gasteiger partial charge in [0.25, 0.3) is 0 Å². The van der Waals surface area contributed by atoms with E-state index in [0.717, 1.165) is 23.3 Å². The van der Waals surface area contributed by atoms with Gasteiger partial charge in [-0.25, -0.2) is 0 Å². The highest BCUT2D eigenvalue weighted by Gasteiger charge is 2.17. The van der Waals surface area contributed by atoms with E-state index in [4.69, 9.17) is 4.74 Å². The van der Waals surface area contributed by atoms with Crippen LogP contribution in [0.4, 0.5) is 0 Å². The van der Waals surface area contributed by atoms with E-state index in [1.807, 2.05) is 72.6 Å². The Bertz CT molecular complexity index is 897. The van der Waals surface area contributed by atoms with Crippen LogP contribution in [0.15, 0.2) is 84.9 Å². The highest BCUT2D eigenvalue weighted by molar-refractivity contribution is 5.78. The largest absolute Gasteiger partial charge is 0.496 e. The van der Waals surface area contributed by atoms with E-state index in [0.29, 0.717) is 13.1 Å². The monoisotopic (exact) mass is 388 g/mol. The molecule has 0 radical (unpaired) electrons. The highest BCUT2D eigenvalue weighted by atomic mass is 16.5. The maximum absolute atomic E-state index is 12.8. The molecule has 0 saturated carbocycles. The van der Waals surface area contributed by atoms with Crippen LogP contribution < -0.4 is 10.1 Å². The average molecular weight is 389 g/mol. The third kappa shape index (κ3) is 6.19. The van der Waals surface area contributed by atoms with Crippen molar-refractivity contribution in [1.82, 2.24) is 10.2 Å². The first-order valence-corrected chi connectivity index (χ1v) is 9.84. The number of hydrogen-bond donors (Lipinski definition) is 1. The van der Waals surface area contributed by atoms with Crippen LogP contribution in [-0.2, 0) is 17.8 Å². The molecule has 4 heteroatoms. The minimum Gasteiger partial charge on any atom is -0.496 e. The molecule has 0 aliphatic rings. The second-order valence-electron chi connectivity index (χ2n) is 7.20. The molecule has 4 nitrogen and oxygen atoms in total. The van der Waals surface area contributed by atoms with Gasteiger partial charge < -0.3 is 10.1 Å². The second kappa shape index (κ2) is 10.4. The molecule has 0 aliphatic heterocycles. The highest BCUT2D eigenvalue weighted by Crippen LogP contribution is 2.20. The van der Waals surface area contributed by atoms with Gasteiger partial charge in [0.1, 0.15) is 5.75 Å². The van der Waals surface area contributed by atoms with Crippen LogP contribution in [0.2, 0.25) is 0 Å². The molecule has 1 atom stereocenters. The predicted molar refractivity (Wildman–Crippen MR) is 117 cm³/mol. The number of carbonyl (C=O) groups excluding carboxylic acids is 1. The summed E-state index contributed by atoms with van der Waals surface area (Å²) in [6.45, 7) is 0.961. The second-order valence-corrected chi connectivity index (χ2v) is 7.20. The topological polar surface area (TPSA) is 41.6 Å². The summed E-state index contributed by atoms with van der Waals surface area (Å²) < 4.78 is 5.41. The van der Waals surface area contributed by atoms with Gasteiger partial charge in [-0.1, -0.05) is 78.9 Å². The number of amides is 1.